The molecular formula is C15H16F2N4OS. The summed E-state index contributed by atoms with van der Waals surface area (Å²) >= 11 is 1.12. The number of halogens is 2. The van der Waals surface area contributed by atoms with Gasteiger partial charge in [-0.1, -0.05) is 10.6 Å². The largest absolute Gasteiger partial charge is 0.347 e. The topological polar surface area (TPSA) is 58.1 Å². The Kier molecular flexibility index (Phi) is 4.92. The van der Waals surface area contributed by atoms with Crippen molar-refractivity contribution < 1.29 is 13.6 Å². The van der Waals surface area contributed by atoms with Crippen molar-refractivity contribution in [3.05, 3.63) is 46.5 Å². The quantitative estimate of drug-likeness (QED) is 0.929. The smallest absolute Gasteiger partial charge is 0.272 e. The summed E-state index contributed by atoms with van der Waals surface area (Å²) in [6, 6.07) is 3.82. The maximum atomic E-state index is 13.7. The van der Waals surface area contributed by atoms with Crippen molar-refractivity contribution in [2.24, 2.45) is 0 Å². The maximum Gasteiger partial charge on any atom is 0.272 e. The number of carbonyl (C=O) groups is 1. The van der Waals surface area contributed by atoms with Crippen LogP contribution in [0.2, 0.25) is 0 Å². The Bertz CT molecular complexity index is 660. The summed E-state index contributed by atoms with van der Waals surface area (Å²) in [6.07, 6.45) is 1.69. The number of nitrogens with zero attached hydrogens (tertiary/aromatic N) is 3. The van der Waals surface area contributed by atoms with Gasteiger partial charge in [0.05, 0.1) is 0 Å². The summed E-state index contributed by atoms with van der Waals surface area (Å²) in [7, 11) is 0. The second-order valence-electron chi connectivity index (χ2n) is 5.54. The van der Waals surface area contributed by atoms with E-state index in [9.17, 15) is 13.6 Å². The average Bonchev–Trinajstić information content (AvgIpc) is 3.06. The molecule has 1 aliphatic heterocycles. The van der Waals surface area contributed by atoms with E-state index in [2.05, 4.69) is 14.9 Å². The molecule has 5 nitrogen and oxygen atoms in total. The molecule has 8 heteroatoms. The Hall–Kier alpha value is -1.93. The van der Waals surface area contributed by atoms with E-state index in [4.69, 9.17) is 0 Å². The monoisotopic (exact) mass is 338 g/mol. The molecule has 0 radical (unpaired) electrons. The number of hydrogen-bond donors (Lipinski definition) is 1. The van der Waals surface area contributed by atoms with Crippen molar-refractivity contribution in [3.8, 4) is 0 Å². The number of likely N-dealkylation sites (tertiary alicyclic amines) is 1. The molecule has 0 aliphatic carbocycles. The van der Waals surface area contributed by atoms with Gasteiger partial charge in [-0.3, -0.25) is 9.69 Å². The van der Waals surface area contributed by atoms with E-state index < -0.39 is 11.6 Å². The normalized spacial score (nSPS) is 18.8. The third kappa shape index (κ3) is 3.89. The van der Waals surface area contributed by atoms with Crippen LogP contribution in [0.5, 0.6) is 0 Å². The molecule has 1 fully saturated rings. The fourth-order valence-electron chi connectivity index (χ4n) is 2.75. The highest BCUT2D eigenvalue weighted by Crippen LogP contribution is 2.18. The zero-order valence-corrected chi connectivity index (χ0v) is 13.2. The zero-order valence-electron chi connectivity index (χ0n) is 12.3. The molecule has 23 heavy (non-hydrogen) atoms. The zero-order chi connectivity index (χ0) is 16.2. The van der Waals surface area contributed by atoms with Crippen molar-refractivity contribution in [2.45, 2.75) is 25.4 Å². The molecule has 2 heterocycles. The van der Waals surface area contributed by atoms with Crippen LogP contribution in [0.3, 0.4) is 0 Å². The molecule has 1 aromatic heterocycles. The van der Waals surface area contributed by atoms with Gasteiger partial charge in [0.15, 0.2) is 5.69 Å². The molecule has 1 aromatic carbocycles. The van der Waals surface area contributed by atoms with E-state index in [1.165, 1.54) is 18.2 Å². The lowest BCUT2D eigenvalue weighted by atomic mass is 10.0. The summed E-state index contributed by atoms with van der Waals surface area (Å²) in [5.74, 6) is -1.34. The van der Waals surface area contributed by atoms with Crippen molar-refractivity contribution in [3.63, 3.8) is 0 Å². The van der Waals surface area contributed by atoms with E-state index in [0.29, 0.717) is 12.2 Å². The Balaban J connectivity index is 1.61. The number of piperidine rings is 1. The highest BCUT2D eigenvalue weighted by atomic mass is 32.1. The van der Waals surface area contributed by atoms with Crippen LogP contribution in [0.15, 0.2) is 23.6 Å². The van der Waals surface area contributed by atoms with Crippen LogP contribution < -0.4 is 5.32 Å². The van der Waals surface area contributed by atoms with E-state index in [1.807, 2.05) is 4.90 Å². The summed E-state index contributed by atoms with van der Waals surface area (Å²) in [5.41, 5.74) is 0.371. The van der Waals surface area contributed by atoms with Crippen molar-refractivity contribution >= 4 is 17.4 Å². The van der Waals surface area contributed by atoms with E-state index in [-0.39, 0.29) is 24.1 Å². The van der Waals surface area contributed by atoms with Gasteiger partial charge in [-0.2, -0.15) is 0 Å². The molecule has 122 valence electrons. The van der Waals surface area contributed by atoms with Crippen molar-refractivity contribution in [1.82, 2.24) is 19.8 Å². The first-order valence-corrected chi connectivity index (χ1v) is 8.20. The Morgan fingerprint density at radius 2 is 2.17 bits per heavy atom. The summed E-state index contributed by atoms with van der Waals surface area (Å²) in [6.45, 7) is 1.50. The predicted octanol–water partition coefficient (Wildman–Crippen LogP) is 2.21. The van der Waals surface area contributed by atoms with Crippen LogP contribution in [-0.4, -0.2) is 39.5 Å². The Morgan fingerprint density at radius 1 is 1.39 bits per heavy atom. The van der Waals surface area contributed by atoms with Gasteiger partial charge in [0, 0.05) is 30.1 Å². The van der Waals surface area contributed by atoms with Gasteiger partial charge in [-0.15, -0.1) is 5.10 Å². The minimum absolute atomic E-state index is 0.0622. The Morgan fingerprint density at radius 3 is 2.87 bits per heavy atom. The first kappa shape index (κ1) is 15.9. The van der Waals surface area contributed by atoms with Crippen LogP contribution in [-0.2, 0) is 6.54 Å². The lowest BCUT2D eigenvalue weighted by molar-refractivity contribution is 0.0894. The lowest BCUT2D eigenvalue weighted by Gasteiger charge is -2.33. The summed E-state index contributed by atoms with van der Waals surface area (Å²) in [4.78, 5) is 14.0. The van der Waals surface area contributed by atoms with Crippen LogP contribution in [0, 0.1) is 11.6 Å². The van der Waals surface area contributed by atoms with Gasteiger partial charge >= 0.3 is 0 Å². The standard InChI is InChI=1S/C15H16F2N4OS/c16-12-4-1-5-13(17)11(12)8-21-6-2-3-10(7-21)18-15(22)14-9-23-20-19-14/h1,4-5,9-10H,2-3,6-8H2,(H,18,22)/t10-/m1/s1. The minimum Gasteiger partial charge on any atom is -0.347 e. The molecule has 0 spiro atoms. The summed E-state index contributed by atoms with van der Waals surface area (Å²) < 4.78 is 31.2. The highest BCUT2D eigenvalue weighted by Gasteiger charge is 2.24. The molecule has 0 unspecified atom stereocenters. The van der Waals surface area contributed by atoms with E-state index in [0.717, 1.165) is 30.9 Å². The number of amides is 1. The minimum atomic E-state index is -0.537. The molecule has 1 saturated heterocycles. The van der Waals surface area contributed by atoms with Gasteiger partial charge < -0.3 is 5.32 Å². The summed E-state index contributed by atoms with van der Waals surface area (Å²) in [5, 5.41) is 8.23. The van der Waals surface area contributed by atoms with Crippen molar-refractivity contribution in [1.29, 1.82) is 0 Å². The van der Waals surface area contributed by atoms with Gasteiger partial charge in [-0.05, 0) is 43.1 Å². The molecule has 1 aliphatic rings. The first-order valence-electron chi connectivity index (χ1n) is 7.36. The van der Waals surface area contributed by atoms with Crippen LogP contribution in [0.25, 0.3) is 0 Å². The fourth-order valence-corrected chi connectivity index (χ4v) is 3.18. The van der Waals surface area contributed by atoms with E-state index in [1.54, 1.807) is 5.38 Å². The van der Waals surface area contributed by atoms with Crippen molar-refractivity contribution in [2.75, 3.05) is 13.1 Å². The van der Waals surface area contributed by atoms with Gasteiger partial charge in [0.25, 0.3) is 5.91 Å². The Labute approximate surface area is 136 Å². The molecule has 1 N–H and O–H groups in total. The van der Waals surface area contributed by atoms with Crippen LogP contribution in [0.1, 0.15) is 28.9 Å². The first-order chi connectivity index (χ1) is 11.1. The molecule has 3 rings (SSSR count). The number of rotatable bonds is 4. The average molecular weight is 338 g/mol. The third-order valence-corrected chi connectivity index (χ3v) is 4.38. The molecule has 1 amide bonds. The number of hydrogen-bond acceptors (Lipinski definition) is 5. The second-order valence-corrected chi connectivity index (χ2v) is 6.15. The lowest BCUT2D eigenvalue weighted by Crippen LogP contribution is -2.47. The predicted molar refractivity (Wildman–Crippen MR) is 82.0 cm³/mol. The third-order valence-electron chi connectivity index (χ3n) is 3.88. The number of benzene rings is 1. The molecule has 0 bridgehead atoms. The molecule has 0 saturated carbocycles. The number of aromatic nitrogens is 2. The van der Waals surface area contributed by atoms with Crippen LogP contribution in [0.4, 0.5) is 8.78 Å². The molecule has 1 atom stereocenters. The highest BCUT2D eigenvalue weighted by molar-refractivity contribution is 7.03. The van der Waals surface area contributed by atoms with E-state index >= 15 is 0 Å². The maximum absolute atomic E-state index is 13.7. The molecule has 2 aromatic rings. The number of carbonyl (C=O) groups excluding carboxylic acids is 1. The van der Waals surface area contributed by atoms with Gasteiger partial charge in [0.2, 0.25) is 0 Å². The SMILES string of the molecule is O=C(N[C@@H]1CCCN(Cc2c(F)cccc2F)C1)c1csnn1. The fraction of sp³-hybridized carbons (Fsp3) is 0.400. The number of nitrogens with one attached hydrogen (secondary N) is 1. The van der Waals surface area contributed by atoms with Crippen LogP contribution >= 0.6 is 11.5 Å². The molecular weight excluding hydrogens is 322 g/mol. The second kappa shape index (κ2) is 7.10. The van der Waals surface area contributed by atoms with Gasteiger partial charge in [-0.25, -0.2) is 8.78 Å². The van der Waals surface area contributed by atoms with Gasteiger partial charge in [0.1, 0.15) is 11.6 Å².